The Morgan fingerprint density at radius 3 is 1.24 bits per heavy atom. The molecule has 0 fully saturated rings. The van der Waals surface area contributed by atoms with E-state index in [0.717, 1.165) is 44.8 Å². The van der Waals surface area contributed by atoms with Gasteiger partial charge in [-0.15, -0.1) is 0 Å². The normalized spacial score (nSPS) is 10.6. The average molecular weight is 485 g/mol. The van der Waals surface area contributed by atoms with Gasteiger partial charge in [0.1, 0.15) is 0 Å². The Balaban J connectivity index is 1.36. The second-order valence-corrected chi connectivity index (χ2v) is 8.94. The lowest BCUT2D eigenvalue weighted by Gasteiger charge is -2.12. The van der Waals surface area contributed by atoms with E-state index in [1.807, 2.05) is 0 Å². The van der Waals surface area contributed by atoms with Crippen LogP contribution in [-0.4, -0.2) is 9.97 Å². The third-order valence-electron chi connectivity index (χ3n) is 6.68. The molecule has 4 heteroatoms. The summed E-state index contributed by atoms with van der Waals surface area (Å²) < 4.78 is 0. The summed E-state index contributed by atoms with van der Waals surface area (Å²) in [4.78, 5) is 8.84. The smallest absolute Gasteiger partial charge is 0.0992 e. The van der Waals surface area contributed by atoms with Gasteiger partial charge in [-0.05, 0) is 57.3 Å². The van der Waals surface area contributed by atoms with E-state index in [0.29, 0.717) is 11.1 Å². The minimum atomic E-state index is 0.598. The number of hydrogen-bond acceptors (Lipinski definition) is 4. The van der Waals surface area contributed by atoms with E-state index >= 15 is 0 Å². The van der Waals surface area contributed by atoms with Crippen LogP contribution < -0.4 is 0 Å². The van der Waals surface area contributed by atoms with Crippen LogP contribution in [0.4, 0.5) is 0 Å². The van der Waals surface area contributed by atoms with Crippen LogP contribution in [0.2, 0.25) is 0 Å². The van der Waals surface area contributed by atoms with Crippen molar-refractivity contribution in [3.8, 4) is 56.9 Å². The maximum Gasteiger partial charge on any atom is 0.0992 e. The van der Waals surface area contributed by atoms with Crippen LogP contribution >= 0.6 is 0 Å². The third kappa shape index (κ3) is 4.28. The maximum atomic E-state index is 9.20. The van der Waals surface area contributed by atoms with Crippen LogP contribution in [0.1, 0.15) is 11.1 Å². The van der Waals surface area contributed by atoms with Gasteiger partial charge in [-0.25, -0.2) is 0 Å². The molecule has 38 heavy (non-hydrogen) atoms. The van der Waals surface area contributed by atoms with Gasteiger partial charge in [-0.3, -0.25) is 9.97 Å². The molecular weight excluding hydrogens is 464 g/mol. The molecular formula is C34H20N4. The van der Waals surface area contributed by atoms with E-state index in [4.69, 9.17) is 0 Å². The van der Waals surface area contributed by atoms with Crippen LogP contribution in [0, 0.1) is 22.7 Å². The average Bonchev–Trinajstić information content (AvgIpc) is 3.00. The lowest BCUT2D eigenvalue weighted by atomic mass is 9.92. The molecule has 0 saturated carbocycles. The van der Waals surface area contributed by atoms with Crippen molar-refractivity contribution in [2.24, 2.45) is 0 Å². The van der Waals surface area contributed by atoms with Gasteiger partial charge in [-0.2, -0.15) is 10.5 Å². The highest BCUT2D eigenvalue weighted by molar-refractivity contribution is 6.04. The number of nitriles is 2. The first kappa shape index (κ1) is 22.9. The summed E-state index contributed by atoms with van der Waals surface area (Å²) >= 11 is 0. The topological polar surface area (TPSA) is 73.4 Å². The SMILES string of the molecule is N#Cc1ccnc(-c2ccc(-c3cccc4c(-c5ccc(-c6cc(C#N)ccn6)cc5)cccc34)cc2)c1. The summed E-state index contributed by atoms with van der Waals surface area (Å²) in [7, 11) is 0. The summed E-state index contributed by atoms with van der Waals surface area (Å²) in [5.74, 6) is 0. The Kier molecular flexibility index (Phi) is 5.91. The van der Waals surface area contributed by atoms with Crippen molar-refractivity contribution in [3.05, 3.63) is 133 Å². The Morgan fingerprint density at radius 2 is 0.842 bits per heavy atom. The fourth-order valence-corrected chi connectivity index (χ4v) is 4.77. The summed E-state index contributed by atoms with van der Waals surface area (Å²) in [6.07, 6.45) is 3.33. The van der Waals surface area contributed by atoms with Crippen molar-refractivity contribution in [1.82, 2.24) is 9.97 Å². The van der Waals surface area contributed by atoms with Crippen molar-refractivity contribution >= 4 is 10.8 Å². The molecule has 0 bridgehead atoms. The monoisotopic (exact) mass is 484 g/mol. The highest BCUT2D eigenvalue weighted by atomic mass is 14.7. The molecule has 0 atom stereocenters. The number of aromatic nitrogens is 2. The van der Waals surface area contributed by atoms with Gasteiger partial charge in [0, 0.05) is 23.5 Å². The summed E-state index contributed by atoms with van der Waals surface area (Å²) in [5, 5.41) is 20.8. The van der Waals surface area contributed by atoms with E-state index in [1.165, 1.54) is 10.8 Å². The number of nitrogens with zero attached hydrogens (tertiary/aromatic N) is 4. The molecule has 176 valence electrons. The van der Waals surface area contributed by atoms with E-state index in [2.05, 4.69) is 107 Å². The first-order valence-electron chi connectivity index (χ1n) is 12.2. The van der Waals surface area contributed by atoms with Crippen molar-refractivity contribution in [1.29, 1.82) is 10.5 Å². The highest BCUT2D eigenvalue weighted by Crippen LogP contribution is 2.36. The zero-order valence-corrected chi connectivity index (χ0v) is 20.3. The minimum absolute atomic E-state index is 0.598. The summed E-state index contributed by atoms with van der Waals surface area (Å²) in [5.41, 5.74) is 9.26. The highest BCUT2D eigenvalue weighted by Gasteiger charge is 2.10. The standard InChI is InChI=1S/C34H20N4/c35-21-23-15-17-37-33(19-23)27-11-7-25(8-12-27)29-3-1-5-31-30(4-2-6-32(29)31)26-9-13-28(14-10-26)34-20-24(22-36)16-18-38-34/h1-20H. The van der Waals surface area contributed by atoms with Gasteiger partial charge in [-0.1, -0.05) is 84.9 Å². The van der Waals surface area contributed by atoms with E-state index in [9.17, 15) is 10.5 Å². The lowest BCUT2D eigenvalue weighted by Crippen LogP contribution is -1.88. The number of hydrogen-bond donors (Lipinski definition) is 0. The first-order chi connectivity index (χ1) is 18.7. The van der Waals surface area contributed by atoms with E-state index in [1.54, 1.807) is 36.7 Å². The van der Waals surface area contributed by atoms with Crippen molar-refractivity contribution in [2.45, 2.75) is 0 Å². The Hall–Kier alpha value is -5.58. The molecule has 0 aliphatic heterocycles. The van der Waals surface area contributed by atoms with Crippen LogP contribution in [0.25, 0.3) is 55.5 Å². The van der Waals surface area contributed by atoms with Gasteiger partial charge in [0.15, 0.2) is 0 Å². The first-order valence-corrected chi connectivity index (χ1v) is 12.2. The van der Waals surface area contributed by atoms with Gasteiger partial charge < -0.3 is 0 Å². The van der Waals surface area contributed by atoms with Gasteiger partial charge in [0.05, 0.1) is 34.7 Å². The van der Waals surface area contributed by atoms with Gasteiger partial charge in [0.2, 0.25) is 0 Å². The zero-order valence-electron chi connectivity index (χ0n) is 20.3. The van der Waals surface area contributed by atoms with E-state index in [-0.39, 0.29) is 0 Å². The van der Waals surface area contributed by atoms with E-state index < -0.39 is 0 Å². The number of pyridine rings is 2. The number of rotatable bonds is 4. The molecule has 2 heterocycles. The molecule has 0 aliphatic carbocycles. The molecule has 2 aromatic heterocycles. The second-order valence-electron chi connectivity index (χ2n) is 8.94. The molecule has 4 nitrogen and oxygen atoms in total. The largest absolute Gasteiger partial charge is 0.256 e. The fourth-order valence-electron chi connectivity index (χ4n) is 4.77. The minimum Gasteiger partial charge on any atom is -0.256 e. The molecule has 0 amide bonds. The summed E-state index contributed by atoms with van der Waals surface area (Å²) in [6.45, 7) is 0. The third-order valence-corrected chi connectivity index (χ3v) is 6.68. The van der Waals surface area contributed by atoms with Crippen LogP contribution in [-0.2, 0) is 0 Å². The van der Waals surface area contributed by atoms with Crippen molar-refractivity contribution in [2.75, 3.05) is 0 Å². The van der Waals surface area contributed by atoms with Crippen LogP contribution in [0.3, 0.4) is 0 Å². The zero-order chi connectivity index (χ0) is 25.9. The van der Waals surface area contributed by atoms with Crippen LogP contribution in [0.15, 0.2) is 122 Å². The molecule has 4 aromatic carbocycles. The van der Waals surface area contributed by atoms with Gasteiger partial charge >= 0.3 is 0 Å². The number of benzene rings is 4. The molecule has 0 saturated heterocycles. The maximum absolute atomic E-state index is 9.20. The van der Waals surface area contributed by atoms with Crippen molar-refractivity contribution < 1.29 is 0 Å². The van der Waals surface area contributed by atoms with Crippen molar-refractivity contribution in [3.63, 3.8) is 0 Å². The van der Waals surface area contributed by atoms with Crippen LogP contribution in [0.5, 0.6) is 0 Å². The summed E-state index contributed by atoms with van der Waals surface area (Å²) in [6, 6.07) is 40.8. The predicted molar refractivity (Wildman–Crippen MR) is 151 cm³/mol. The van der Waals surface area contributed by atoms with Gasteiger partial charge in [0.25, 0.3) is 0 Å². The molecule has 6 rings (SSSR count). The fraction of sp³-hybridized carbons (Fsp3) is 0. The number of fused-ring (bicyclic) bond motifs is 1. The molecule has 0 N–H and O–H groups in total. The Labute approximate surface area is 220 Å². The quantitative estimate of drug-likeness (QED) is 0.254. The molecule has 0 radical (unpaired) electrons. The predicted octanol–water partition coefficient (Wildman–Crippen LogP) is 8.04. The molecule has 6 aromatic rings. The second kappa shape index (κ2) is 9.82. The molecule has 0 unspecified atom stereocenters. The Morgan fingerprint density at radius 1 is 0.447 bits per heavy atom. The Bertz CT molecular complexity index is 1730. The lowest BCUT2D eigenvalue weighted by molar-refractivity contribution is 1.31. The molecule has 0 aliphatic rings. The molecule has 0 spiro atoms.